The monoisotopic (exact) mass is 420 g/mol. The number of ether oxygens (including phenoxy) is 2. The molecule has 0 aliphatic carbocycles. The molecule has 1 amide bonds. The number of hydrogen-bond acceptors (Lipinski definition) is 5. The van der Waals surface area contributed by atoms with Gasteiger partial charge in [0.2, 0.25) is 15.9 Å². The molecule has 0 heterocycles. The molecule has 0 radical (unpaired) electrons. The van der Waals surface area contributed by atoms with Crippen molar-refractivity contribution in [2.75, 3.05) is 30.3 Å². The van der Waals surface area contributed by atoms with Gasteiger partial charge in [-0.2, -0.15) is 0 Å². The first-order valence-corrected chi connectivity index (χ1v) is 11.4. The summed E-state index contributed by atoms with van der Waals surface area (Å²) in [7, 11) is -3.62. The Kier molecular flexibility index (Phi) is 8.33. The van der Waals surface area contributed by atoms with E-state index >= 15 is 0 Å². The minimum absolute atomic E-state index is 0.298. The third kappa shape index (κ3) is 7.30. The van der Waals surface area contributed by atoms with Gasteiger partial charge in [0.15, 0.2) is 0 Å². The highest BCUT2D eigenvalue weighted by atomic mass is 32.2. The molecule has 0 atom stereocenters. The fourth-order valence-electron chi connectivity index (χ4n) is 2.59. The molecule has 8 heteroatoms. The van der Waals surface area contributed by atoms with Crippen molar-refractivity contribution in [3.05, 3.63) is 54.1 Å². The maximum Gasteiger partial charge on any atom is 0.241 e. The van der Waals surface area contributed by atoms with Crippen molar-refractivity contribution in [3.63, 3.8) is 0 Å². The van der Waals surface area contributed by atoms with Gasteiger partial charge in [-0.1, -0.05) is 19.1 Å². The molecule has 0 fully saturated rings. The average Bonchev–Trinajstić information content (AvgIpc) is 2.70. The van der Waals surface area contributed by atoms with E-state index in [1.807, 2.05) is 38.1 Å². The Morgan fingerprint density at radius 3 is 2.10 bits per heavy atom. The topological polar surface area (TPSA) is 84.9 Å². The van der Waals surface area contributed by atoms with Crippen LogP contribution in [0.1, 0.15) is 25.8 Å². The van der Waals surface area contributed by atoms with Crippen molar-refractivity contribution in [2.24, 2.45) is 0 Å². The first kappa shape index (κ1) is 22.5. The number of carbonyl (C=O) groups excluding carboxylic acids is 1. The third-order valence-corrected chi connectivity index (χ3v) is 5.15. The lowest BCUT2D eigenvalue weighted by molar-refractivity contribution is -0.119. The number of benzene rings is 2. The van der Waals surface area contributed by atoms with Gasteiger partial charge < -0.3 is 14.8 Å². The van der Waals surface area contributed by atoms with Crippen LogP contribution in [-0.4, -0.2) is 40.3 Å². The van der Waals surface area contributed by atoms with Crippen LogP contribution in [0.4, 0.5) is 5.69 Å². The van der Waals surface area contributed by atoms with Crippen molar-refractivity contribution < 1.29 is 22.7 Å². The number of nitrogens with zero attached hydrogens (tertiary/aromatic N) is 1. The molecule has 0 unspecified atom stereocenters. The molecular formula is C21H28N2O5S. The van der Waals surface area contributed by atoms with E-state index in [1.165, 1.54) is 0 Å². The molecule has 0 saturated carbocycles. The van der Waals surface area contributed by atoms with Gasteiger partial charge in [0.1, 0.15) is 18.0 Å². The van der Waals surface area contributed by atoms with Crippen LogP contribution in [0.2, 0.25) is 0 Å². The zero-order valence-corrected chi connectivity index (χ0v) is 17.9. The van der Waals surface area contributed by atoms with Crippen LogP contribution in [0.15, 0.2) is 48.5 Å². The molecule has 0 saturated heterocycles. The molecule has 0 aliphatic rings. The van der Waals surface area contributed by atoms with Crippen LogP contribution in [0.3, 0.4) is 0 Å². The van der Waals surface area contributed by atoms with E-state index in [-0.39, 0.29) is 6.54 Å². The summed E-state index contributed by atoms with van der Waals surface area (Å²) < 4.78 is 36.4. The Labute approximate surface area is 172 Å². The van der Waals surface area contributed by atoms with E-state index in [0.29, 0.717) is 31.2 Å². The lowest BCUT2D eigenvalue weighted by atomic mass is 10.2. The number of nitrogens with one attached hydrogen (secondary N) is 1. The molecular weight excluding hydrogens is 392 g/mol. The van der Waals surface area contributed by atoms with Gasteiger partial charge in [-0.05, 0) is 55.3 Å². The number of anilines is 1. The summed E-state index contributed by atoms with van der Waals surface area (Å²) in [5, 5.41) is 2.75. The van der Waals surface area contributed by atoms with Crippen LogP contribution < -0.4 is 19.1 Å². The van der Waals surface area contributed by atoms with Gasteiger partial charge in [0, 0.05) is 6.54 Å². The Balaban J connectivity index is 1.99. The number of rotatable bonds is 11. The molecule has 2 rings (SSSR count). The molecule has 2 aromatic rings. The maximum absolute atomic E-state index is 12.4. The van der Waals surface area contributed by atoms with Crippen LogP contribution in [0, 0.1) is 0 Å². The highest BCUT2D eigenvalue weighted by molar-refractivity contribution is 7.92. The fraction of sp³-hybridized carbons (Fsp3) is 0.381. The van der Waals surface area contributed by atoms with Crippen molar-refractivity contribution in [1.82, 2.24) is 5.32 Å². The predicted molar refractivity (Wildman–Crippen MR) is 114 cm³/mol. The van der Waals surface area contributed by atoms with Gasteiger partial charge in [-0.3, -0.25) is 9.10 Å². The minimum Gasteiger partial charge on any atom is -0.494 e. The largest absolute Gasteiger partial charge is 0.494 e. The van der Waals surface area contributed by atoms with Crippen LogP contribution in [0.25, 0.3) is 0 Å². The van der Waals surface area contributed by atoms with Crippen molar-refractivity contribution in [2.45, 2.75) is 26.8 Å². The van der Waals surface area contributed by atoms with Gasteiger partial charge >= 0.3 is 0 Å². The van der Waals surface area contributed by atoms with Crippen molar-refractivity contribution in [3.8, 4) is 11.5 Å². The van der Waals surface area contributed by atoms with E-state index < -0.39 is 15.9 Å². The summed E-state index contributed by atoms with van der Waals surface area (Å²) in [6.07, 6.45) is 1.96. The summed E-state index contributed by atoms with van der Waals surface area (Å²) in [6.45, 7) is 5.09. The van der Waals surface area contributed by atoms with Crippen LogP contribution >= 0.6 is 0 Å². The third-order valence-electron chi connectivity index (χ3n) is 4.01. The van der Waals surface area contributed by atoms with Gasteiger partial charge in [-0.25, -0.2) is 8.42 Å². The van der Waals surface area contributed by atoms with Crippen molar-refractivity contribution >= 4 is 21.6 Å². The zero-order valence-electron chi connectivity index (χ0n) is 17.1. The first-order valence-electron chi connectivity index (χ1n) is 9.52. The second-order valence-electron chi connectivity index (χ2n) is 6.47. The molecule has 29 heavy (non-hydrogen) atoms. The van der Waals surface area contributed by atoms with Crippen molar-refractivity contribution in [1.29, 1.82) is 0 Å². The highest BCUT2D eigenvalue weighted by Crippen LogP contribution is 2.21. The van der Waals surface area contributed by atoms with Gasteiger partial charge in [0.25, 0.3) is 0 Å². The number of amides is 1. The number of sulfonamides is 1. The van der Waals surface area contributed by atoms with Gasteiger partial charge in [0.05, 0.1) is 25.2 Å². The quantitative estimate of drug-likeness (QED) is 0.604. The number of hydrogen-bond donors (Lipinski definition) is 1. The predicted octanol–water partition coefficient (Wildman–Crippen LogP) is 2.96. The van der Waals surface area contributed by atoms with Crippen LogP contribution in [0.5, 0.6) is 11.5 Å². The Hall–Kier alpha value is -2.74. The normalized spacial score (nSPS) is 11.0. The number of carbonyl (C=O) groups is 1. The molecule has 0 spiro atoms. The van der Waals surface area contributed by atoms with E-state index in [9.17, 15) is 13.2 Å². The SMILES string of the molecule is CCCOc1ccc(N(CC(=O)NCc2ccc(OCC)cc2)S(C)(=O)=O)cc1. The smallest absolute Gasteiger partial charge is 0.241 e. The lowest BCUT2D eigenvalue weighted by Gasteiger charge is -2.22. The second kappa shape index (κ2) is 10.7. The van der Waals surface area contributed by atoms with Gasteiger partial charge in [-0.15, -0.1) is 0 Å². The second-order valence-corrected chi connectivity index (χ2v) is 8.37. The first-order chi connectivity index (χ1) is 13.8. The summed E-state index contributed by atoms with van der Waals surface area (Å²) in [5.74, 6) is 1.02. The molecule has 2 aromatic carbocycles. The molecule has 158 valence electrons. The Morgan fingerprint density at radius 2 is 1.55 bits per heavy atom. The molecule has 7 nitrogen and oxygen atoms in total. The molecule has 1 N–H and O–H groups in total. The standard InChI is InChI=1S/C21H28N2O5S/c1-4-14-28-20-12-8-18(9-13-20)23(29(3,25)26)16-21(24)22-15-17-6-10-19(11-7-17)27-5-2/h6-13H,4-5,14-16H2,1-3H3,(H,22,24). The summed E-state index contributed by atoms with van der Waals surface area (Å²) in [6, 6.07) is 14.0. The summed E-state index contributed by atoms with van der Waals surface area (Å²) >= 11 is 0. The lowest BCUT2D eigenvalue weighted by Crippen LogP contribution is -2.40. The zero-order chi connectivity index (χ0) is 21.3. The van der Waals surface area contributed by atoms with Crippen LogP contribution in [-0.2, 0) is 21.4 Å². The van der Waals surface area contributed by atoms with E-state index in [0.717, 1.165) is 28.3 Å². The maximum atomic E-state index is 12.4. The van der Waals surface area contributed by atoms with E-state index in [4.69, 9.17) is 9.47 Å². The minimum atomic E-state index is -3.62. The highest BCUT2D eigenvalue weighted by Gasteiger charge is 2.20. The van der Waals surface area contributed by atoms with E-state index in [1.54, 1.807) is 24.3 Å². The molecule has 0 aliphatic heterocycles. The molecule has 0 aromatic heterocycles. The fourth-order valence-corrected chi connectivity index (χ4v) is 3.44. The average molecular weight is 421 g/mol. The summed E-state index contributed by atoms with van der Waals surface area (Å²) in [5.41, 5.74) is 1.30. The van der Waals surface area contributed by atoms with E-state index in [2.05, 4.69) is 5.32 Å². The summed E-state index contributed by atoms with van der Waals surface area (Å²) in [4.78, 5) is 12.4. The Morgan fingerprint density at radius 1 is 0.966 bits per heavy atom. The Bertz CT molecular complexity index is 880. The molecule has 0 bridgehead atoms.